The van der Waals surface area contributed by atoms with E-state index in [0.29, 0.717) is 12.5 Å². The Morgan fingerprint density at radius 2 is 2.29 bits per heavy atom. The fourth-order valence-electron chi connectivity index (χ4n) is 2.97. The Morgan fingerprint density at radius 1 is 1.48 bits per heavy atom. The molecular weight excluding hydrogens is 266 g/mol. The molecule has 1 aliphatic rings. The van der Waals surface area contributed by atoms with Gasteiger partial charge in [-0.05, 0) is 44.9 Å². The Labute approximate surface area is 127 Å². The van der Waals surface area contributed by atoms with E-state index in [4.69, 9.17) is 9.47 Å². The molecule has 0 radical (unpaired) electrons. The highest BCUT2D eigenvalue weighted by Gasteiger charge is 2.19. The van der Waals surface area contributed by atoms with Crippen molar-refractivity contribution in [3.63, 3.8) is 0 Å². The van der Waals surface area contributed by atoms with Crippen LogP contribution in [0, 0.1) is 12.8 Å². The summed E-state index contributed by atoms with van der Waals surface area (Å²) in [7, 11) is 3.70. The Kier molecular flexibility index (Phi) is 6.03. The van der Waals surface area contributed by atoms with E-state index < -0.39 is 6.10 Å². The van der Waals surface area contributed by atoms with E-state index in [9.17, 15) is 5.11 Å². The van der Waals surface area contributed by atoms with Crippen LogP contribution in [-0.2, 0) is 4.74 Å². The third kappa shape index (κ3) is 4.70. The average Bonchev–Trinajstić information content (AvgIpc) is 2.48. The SMILES string of the molecule is COc1ccc(C)cc1C(O)CN(C)CC1CCCOC1. The van der Waals surface area contributed by atoms with Crippen LogP contribution in [0.25, 0.3) is 0 Å². The maximum Gasteiger partial charge on any atom is 0.124 e. The summed E-state index contributed by atoms with van der Waals surface area (Å²) in [5.74, 6) is 1.33. The fourth-order valence-corrected chi connectivity index (χ4v) is 2.97. The van der Waals surface area contributed by atoms with E-state index in [0.717, 1.165) is 43.1 Å². The third-order valence-corrected chi connectivity index (χ3v) is 4.05. The maximum absolute atomic E-state index is 10.5. The molecule has 2 rings (SSSR count). The van der Waals surface area contributed by atoms with Crippen molar-refractivity contribution in [2.75, 3.05) is 40.5 Å². The van der Waals surface area contributed by atoms with E-state index in [-0.39, 0.29) is 0 Å². The number of hydrogen-bond donors (Lipinski definition) is 1. The smallest absolute Gasteiger partial charge is 0.124 e. The summed E-state index contributed by atoms with van der Waals surface area (Å²) in [4.78, 5) is 2.19. The van der Waals surface area contributed by atoms with E-state index in [2.05, 4.69) is 11.9 Å². The number of methoxy groups -OCH3 is 1. The Balaban J connectivity index is 1.93. The minimum Gasteiger partial charge on any atom is -0.496 e. The van der Waals surface area contributed by atoms with Gasteiger partial charge in [-0.25, -0.2) is 0 Å². The zero-order valence-electron chi connectivity index (χ0n) is 13.3. The normalized spacial score (nSPS) is 20.5. The molecule has 21 heavy (non-hydrogen) atoms. The van der Waals surface area contributed by atoms with Crippen LogP contribution in [-0.4, -0.2) is 50.5 Å². The number of hydrogen-bond acceptors (Lipinski definition) is 4. The van der Waals surface area contributed by atoms with Crippen LogP contribution in [0.15, 0.2) is 18.2 Å². The molecule has 4 nitrogen and oxygen atoms in total. The van der Waals surface area contributed by atoms with Gasteiger partial charge < -0.3 is 19.5 Å². The average molecular weight is 293 g/mol. The van der Waals surface area contributed by atoms with Crippen LogP contribution in [0.3, 0.4) is 0 Å². The lowest BCUT2D eigenvalue weighted by molar-refractivity contribution is 0.0340. The van der Waals surface area contributed by atoms with Crippen molar-refractivity contribution < 1.29 is 14.6 Å². The van der Waals surface area contributed by atoms with Gasteiger partial charge in [0.05, 0.1) is 19.8 Å². The molecule has 1 N–H and O–H groups in total. The molecule has 0 amide bonds. The molecule has 1 aromatic carbocycles. The number of rotatable bonds is 6. The minimum absolute atomic E-state index is 0.533. The first-order valence-corrected chi connectivity index (χ1v) is 7.69. The molecule has 2 unspecified atom stereocenters. The first kappa shape index (κ1) is 16.3. The molecule has 1 fully saturated rings. The molecular formula is C17H27NO3. The van der Waals surface area contributed by atoms with Crippen LogP contribution >= 0.6 is 0 Å². The molecule has 4 heteroatoms. The summed E-state index contributed by atoms with van der Waals surface area (Å²) < 4.78 is 10.9. The van der Waals surface area contributed by atoms with Gasteiger partial charge in [-0.1, -0.05) is 11.6 Å². The van der Waals surface area contributed by atoms with Gasteiger partial charge in [-0.3, -0.25) is 0 Å². The minimum atomic E-state index is -0.533. The molecule has 2 atom stereocenters. The van der Waals surface area contributed by atoms with Gasteiger partial charge in [0.25, 0.3) is 0 Å². The van der Waals surface area contributed by atoms with Crippen LogP contribution in [0.1, 0.15) is 30.1 Å². The predicted molar refractivity (Wildman–Crippen MR) is 83.7 cm³/mol. The number of benzene rings is 1. The number of ether oxygens (including phenoxy) is 2. The summed E-state index contributed by atoms with van der Waals surface area (Å²) in [5, 5.41) is 10.5. The lowest BCUT2D eigenvalue weighted by Gasteiger charge is -2.28. The number of aliphatic hydroxyl groups is 1. The maximum atomic E-state index is 10.5. The van der Waals surface area contributed by atoms with Gasteiger partial charge in [0.15, 0.2) is 0 Å². The van der Waals surface area contributed by atoms with Crippen molar-refractivity contribution in [2.45, 2.75) is 25.9 Å². The highest BCUT2D eigenvalue weighted by molar-refractivity contribution is 5.38. The van der Waals surface area contributed by atoms with E-state index >= 15 is 0 Å². The predicted octanol–water partition coefficient (Wildman–Crippen LogP) is 2.40. The van der Waals surface area contributed by atoms with Crippen molar-refractivity contribution in [2.24, 2.45) is 5.92 Å². The number of nitrogens with zero attached hydrogens (tertiary/aromatic N) is 1. The summed E-state index contributed by atoms with van der Waals surface area (Å²) >= 11 is 0. The molecule has 1 heterocycles. The van der Waals surface area contributed by atoms with Crippen molar-refractivity contribution in [3.05, 3.63) is 29.3 Å². The van der Waals surface area contributed by atoms with Gasteiger partial charge in [-0.15, -0.1) is 0 Å². The quantitative estimate of drug-likeness (QED) is 0.874. The van der Waals surface area contributed by atoms with Gasteiger partial charge in [0, 0.05) is 25.3 Å². The van der Waals surface area contributed by atoms with E-state index in [1.165, 1.54) is 6.42 Å². The largest absolute Gasteiger partial charge is 0.496 e. The van der Waals surface area contributed by atoms with Crippen LogP contribution in [0.5, 0.6) is 5.75 Å². The zero-order chi connectivity index (χ0) is 15.2. The zero-order valence-corrected chi connectivity index (χ0v) is 13.3. The number of aryl methyl sites for hydroxylation is 1. The second-order valence-electron chi connectivity index (χ2n) is 6.07. The molecule has 0 aromatic heterocycles. The molecule has 0 spiro atoms. The monoisotopic (exact) mass is 293 g/mol. The molecule has 0 bridgehead atoms. The number of likely N-dealkylation sites (N-methyl/N-ethyl adjacent to an activating group) is 1. The first-order chi connectivity index (χ1) is 10.1. The summed E-state index contributed by atoms with van der Waals surface area (Å²) in [5.41, 5.74) is 2.00. The molecule has 1 aromatic rings. The lowest BCUT2D eigenvalue weighted by atomic mass is 10.0. The van der Waals surface area contributed by atoms with Gasteiger partial charge in [-0.2, -0.15) is 0 Å². The molecule has 0 saturated carbocycles. The number of aliphatic hydroxyl groups excluding tert-OH is 1. The highest BCUT2D eigenvalue weighted by Crippen LogP contribution is 2.27. The second-order valence-corrected chi connectivity index (χ2v) is 6.07. The Morgan fingerprint density at radius 3 is 2.95 bits per heavy atom. The van der Waals surface area contributed by atoms with Crippen molar-refractivity contribution in [1.29, 1.82) is 0 Å². The first-order valence-electron chi connectivity index (χ1n) is 7.69. The van der Waals surface area contributed by atoms with Gasteiger partial charge >= 0.3 is 0 Å². The molecule has 1 aliphatic heterocycles. The van der Waals surface area contributed by atoms with Gasteiger partial charge in [0.2, 0.25) is 0 Å². The fraction of sp³-hybridized carbons (Fsp3) is 0.647. The molecule has 118 valence electrons. The van der Waals surface area contributed by atoms with Crippen LogP contribution in [0.4, 0.5) is 0 Å². The summed E-state index contributed by atoms with van der Waals surface area (Å²) in [6.07, 6.45) is 1.83. The third-order valence-electron chi connectivity index (χ3n) is 4.05. The molecule has 1 saturated heterocycles. The lowest BCUT2D eigenvalue weighted by Crippen LogP contribution is -2.33. The highest BCUT2D eigenvalue weighted by atomic mass is 16.5. The van der Waals surface area contributed by atoms with Crippen LogP contribution < -0.4 is 4.74 Å². The Hall–Kier alpha value is -1.10. The topological polar surface area (TPSA) is 41.9 Å². The second kappa shape index (κ2) is 7.78. The summed E-state index contributed by atoms with van der Waals surface area (Å²) in [6, 6.07) is 5.92. The Bertz CT molecular complexity index is 444. The molecule has 0 aliphatic carbocycles. The van der Waals surface area contributed by atoms with Crippen molar-refractivity contribution in [3.8, 4) is 5.75 Å². The van der Waals surface area contributed by atoms with Crippen molar-refractivity contribution >= 4 is 0 Å². The van der Waals surface area contributed by atoms with E-state index in [1.807, 2.05) is 25.1 Å². The standard InChI is InChI=1S/C17H27NO3/c1-13-6-7-17(20-3)15(9-13)16(19)11-18(2)10-14-5-4-8-21-12-14/h6-7,9,14,16,19H,4-5,8,10-12H2,1-3H3. The summed E-state index contributed by atoms with van der Waals surface area (Å²) in [6.45, 7) is 5.33. The van der Waals surface area contributed by atoms with Gasteiger partial charge in [0.1, 0.15) is 5.75 Å². The van der Waals surface area contributed by atoms with Crippen molar-refractivity contribution in [1.82, 2.24) is 4.90 Å². The van der Waals surface area contributed by atoms with Crippen LogP contribution in [0.2, 0.25) is 0 Å². The van der Waals surface area contributed by atoms with E-state index in [1.54, 1.807) is 7.11 Å².